The Bertz CT molecular complexity index is 754. The van der Waals surface area contributed by atoms with Gasteiger partial charge in [-0.3, -0.25) is 4.90 Å². The Hall–Kier alpha value is -1.86. The highest BCUT2D eigenvalue weighted by Crippen LogP contribution is 2.38. The zero-order chi connectivity index (χ0) is 15.1. The molecule has 2 aliphatic rings. The molecule has 4 rings (SSSR count). The Kier molecular flexibility index (Phi) is 3.38. The first-order valence-electron chi connectivity index (χ1n) is 7.44. The van der Waals surface area contributed by atoms with Crippen LogP contribution in [0.4, 0.5) is 0 Å². The summed E-state index contributed by atoms with van der Waals surface area (Å²) < 4.78 is 15.4. The first-order valence-corrected chi connectivity index (χ1v) is 7.85. The van der Waals surface area contributed by atoms with Gasteiger partial charge in [0, 0.05) is 19.6 Å². The second-order valence-corrected chi connectivity index (χ2v) is 6.11. The molecule has 1 atom stereocenters. The van der Waals surface area contributed by atoms with Gasteiger partial charge in [-0.05, 0) is 42.8 Å². The molecular formula is C15H18N4O2S. The lowest BCUT2D eigenvalue weighted by atomic mass is 10.0. The predicted octanol–water partition coefficient (Wildman–Crippen LogP) is 2.47. The first kappa shape index (κ1) is 13.8. The van der Waals surface area contributed by atoms with Crippen molar-refractivity contribution in [1.82, 2.24) is 19.2 Å². The molecule has 0 N–H and O–H groups in total. The Morgan fingerprint density at radius 2 is 2.18 bits per heavy atom. The number of ether oxygens (including phenoxy) is 2. The minimum atomic E-state index is 0.316. The fourth-order valence-corrected chi connectivity index (χ4v) is 3.34. The summed E-state index contributed by atoms with van der Waals surface area (Å²) >= 11 is 5.38. The van der Waals surface area contributed by atoms with E-state index in [2.05, 4.69) is 22.1 Å². The highest BCUT2D eigenvalue weighted by Gasteiger charge is 2.28. The van der Waals surface area contributed by atoms with Gasteiger partial charge >= 0.3 is 0 Å². The molecular weight excluding hydrogens is 300 g/mol. The summed E-state index contributed by atoms with van der Waals surface area (Å²) in [5, 5.41) is 4.35. The third-order valence-corrected chi connectivity index (χ3v) is 4.85. The van der Waals surface area contributed by atoms with Crippen molar-refractivity contribution < 1.29 is 9.47 Å². The quantitative estimate of drug-likeness (QED) is 0.814. The maximum Gasteiger partial charge on any atom is 0.231 e. The summed E-state index contributed by atoms with van der Waals surface area (Å²) in [4.78, 5) is 2.42. The number of hydrogen-bond acceptors (Lipinski definition) is 5. The molecule has 1 aromatic carbocycles. The number of hydrogen-bond donors (Lipinski definition) is 0. The van der Waals surface area contributed by atoms with E-state index in [-0.39, 0.29) is 0 Å². The number of nitrogens with zero attached hydrogens (tertiary/aromatic N) is 4. The van der Waals surface area contributed by atoms with E-state index in [9.17, 15) is 0 Å². The zero-order valence-corrected chi connectivity index (χ0v) is 13.3. The van der Waals surface area contributed by atoms with Gasteiger partial charge in [0.2, 0.25) is 6.79 Å². The fraction of sp³-hybridized carbons (Fsp3) is 0.467. The van der Waals surface area contributed by atoms with Crippen molar-refractivity contribution in [2.24, 2.45) is 7.05 Å². The molecule has 0 bridgehead atoms. The summed E-state index contributed by atoms with van der Waals surface area (Å²) in [6, 6.07) is 6.61. The molecule has 6 nitrogen and oxygen atoms in total. The average molecular weight is 318 g/mol. The Morgan fingerprint density at radius 1 is 1.32 bits per heavy atom. The van der Waals surface area contributed by atoms with Crippen LogP contribution in [0.5, 0.6) is 11.5 Å². The topological polar surface area (TPSA) is 44.5 Å². The number of rotatable bonds is 3. The molecule has 2 aromatic rings. The van der Waals surface area contributed by atoms with E-state index in [0.717, 1.165) is 35.9 Å². The lowest BCUT2D eigenvalue weighted by Gasteiger charge is -2.24. The van der Waals surface area contributed by atoms with Crippen LogP contribution in [0.1, 0.15) is 24.4 Å². The predicted molar refractivity (Wildman–Crippen MR) is 83.3 cm³/mol. The molecule has 0 aliphatic carbocycles. The van der Waals surface area contributed by atoms with E-state index in [1.807, 2.05) is 22.4 Å². The smallest absolute Gasteiger partial charge is 0.231 e. The molecule has 0 spiro atoms. The minimum absolute atomic E-state index is 0.316. The Labute approximate surface area is 133 Å². The molecule has 116 valence electrons. The molecule has 1 fully saturated rings. The molecule has 0 unspecified atom stereocenters. The van der Waals surface area contributed by atoms with Gasteiger partial charge in [-0.15, -0.1) is 0 Å². The Morgan fingerprint density at radius 3 is 3.00 bits per heavy atom. The van der Waals surface area contributed by atoms with Crippen LogP contribution in [-0.2, 0) is 13.7 Å². The summed E-state index contributed by atoms with van der Waals surface area (Å²) in [5.41, 5.74) is 1.27. The van der Waals surface area contributed by atoms with Crippen molar-refractivity contribution in [2.45, 2.75) is 25.6 Å². The van der Waals surface area contributed by atoms with Gasteiger partial charge in [-0.1, -0.05) is 6.07 Å². The van der Waals surface area contributed by atoms with Crippen molar-refractivity contribution in [1.29, 1.82) is 0 Å². The SMILES string of the molecule is Cn1cnn(CN2CCC[C@@H]2c2ccc3c(c2)OCO3)c1=S. The Balaban J connectivity index is 1.58. The molecule has 0 amide bonds. The average Bonchev–Trinajstić information content (AvgIpc) is 3.23. The van der Waals surface area contributed by atoms with Gasteiger partial charge in [0.25, 0.3) is 0 Å². The molecule has 1 saturated heterocycles. The van der Waals surface area contributed by atoms with Crippen LogP contribution in [0.3, 0.4) is 0 Å². The van der Waals surface area contributed by atoms with Gasteiger partial charge in [-0.25, -0.2) is 4.68 Å². The molecule has 7 heteroatoms. The van der Waals surface area contributed by atoms with Crippen molar-refractivity contribution in [3.05, 3.63) is 34.9 Å². The van der Waals surface area contributed by atoms with E-state index in [4.69, 9.17) is 21.7 Å². The summed E-state index contributed by atoms with van der Waals surface area (Å²) in [7, 11) is 1.92. The van der Waals surface area contributed by atoms with Crippen LogP contribution in [0.15, 0.2) is 24.5 Å². The van der Waals surface area contributed by atoms with E-state index in [1.54, 1.807) is 6.33 Å². The van der Waals surface area contributed by atoms with Crippen LogP contribution in [0, 0.1) is 4.77 Å². The van der Waals surface area contributed by atoms with Gasteiger partial charge in [0.1, 0.15) is 6.33 Å². The van der Waals surface area contributed by atoms with Crippen LogP contribution < -0.4 is 9.47 Å². The second kappa shape index (κ2) is 5.40. The highest BCUT2D eigenvalue weighted by atomic mass is 32.1. The van der Waals surface area contributed by atoms with Crippen LogP contribution >= 0.6 is 12.2 Å². The molecule has 22 heavy (non-hydrogen) atoms. The minimum Gasteiger partial charge on any atom is -0.454 e. The standard InChI is InChI=1S/C15H18N4O2S/c1-17-8-16-19(15(17)22)9-18-6-2-3-12(18)11-4-5-13-14(7-11)21-10-20-13/h4-5,7-8,12H,2-3,6,9-10H2,1H3/t12-/m1/s1. The molecule has 0 saturated carbocycles. The third-order valence-electron chi connectivity index (χ3n) is 4.35. The number of fused-ring (bicyclic) bond motifs is 1. The van der Waals surface area contributed by atoms with Crippen LogP contribution in [0.2, 0.25) is 0 Å². The highest BCUT2D eigenvalue weighted by molar-refractivity contribution is 7.71. The maximum atomic E-state index is 5.50. The fourth-order valence-electron chi connectivity index (χ4n) is 3.18. The van der Waals surface area contributed by atoms with Gasteiger partial charge in [-0.2, -0.15) is 5.10 Å². The largest absolute Gasteiger partial charge is 0.454 e. The van der Waals surface area contributed by atoms with E-state index in [1.165, 1.54) is 12.0 Å². The molecule has 3 heterocycles. The van der Waals surface area contributed by atoms with Crippen molar-refractivity contribution in [3.8, 4) is 11.5 Å². The van der Waals surface area contributed by atoms with Crippen LogP contribution in [0.25, 0.3) is 0 Å². The molecule has 1 aromatic heterocycles. The number of aromatic nitrogens is 3. The molecule has 2 aliphatic heterocycles. The summed E-state index contributed by atoms with van der Waals surface area (Å²) in [6.07, 6.45) is 4.08. The summed E-state index contributed by atoms with van der Waals surface area (Å²) in [6.45, 7) is 2.09. The van der Waals surface area contributed by atoms with Crippen LogP contribution in [-0.4, -0.2) is 32.6 Å². The van der Waals surface area contributed by atoms with Gasteiger partial charge in [0.05, 0.1) is 6.67 Å². The molecule has 0 radical (unpaired) electrons. The van der Waals surface area contributed by atoms with E-state index in [0.29, 0.717) is 12.8 Å². The van der Waals surface area contributed by atoms with Crippen molar-refractivity contribution in [3.63, 3.8) is 0 Å². The zero-order valence-electron chi connectivity index (χ0n) is 12.4. The number of benzene rings is 1. The normalized spacial score (nSPS) is 20.7. The van der Waals surface area contributed by atoms with E-state index < -0.39 is 0 Å². The van der Waals surface area contributed by atoms with Gasteiger partial charge < -0.3 is 14.0 Å². The number of aryl methyl sites for hydroxylation is 1. The first-order chi connectivity index (χ1) is 10.7. The summed E-state index contributed by atoms with van der Waals surface area (Å²) in [5.74, 6) is 1.68. The maximum absolute atomic E-state index is 5.50. The lowest BCUT2D eigenvalue weighted by Crippen LogP contribution is -2.27. The van der Waals surface area contributed by atoms with Crippen molar-refractivity contribution in [2.75, 3.05) is 13.3 Å². The lowest BCUT2D eigenvalue weighted by molar-refractivity contribution is 0.173. The van der Waals surface area contributed by atoms with Crippen molar-refractivity contribution >= 4 is 12.2 Å². The van der Waals surface area contributed by atoms with Gasteiger partial charge in [0.15, 0.2) is 16.3 Å². The second-order valence-electron chi connectivity index (χ2n) is 5.75. The monoisotopic (exact) mass is 318 g/mol. The third kappa shape index (κ3) is 2.30. The number of likely N-dealkylation sites (tertiary alicyclic amines) is 1. The van der Waals surface area contributed by atoms with E-state index >= 15 is 0 Å².